The van der Waals surface area contributed by atoms with Gasteiger partial charge >= 0.3 is 0 Å². The zero-order valence-electron chi connectivity index (χ0n) is 20.4. The van der Waals surface area contributed by atoms with Crippen LogP contribution >= 0.6 is 0 Å². The number of fused-ring (bicyclic) bond motifs is 1. The van der Waals surface area contributed by atoms with E-state index >= 15 is 0 Å². The highest BCUT2D eigenvalue weighted by Gasteiger charge is 2.35. The molecule has 1 aliphatic rings. The molecule has 184 valence electrons. The maximum atomic E-state index is 13.7. The van der Waals surface area contributed by atoms with E-state index in [2.05, 4.69) is 11.1 Å². The molecule has 36 heavy (non-hydrogen) atoms. The molecule has 0 spiro atoms. The van der Waals surface area contributed by atoms with Gasteiger partial charge in [0.2, 0.25) is 5.91 Å². The van der Waals surface area contributed by atoms with Crippen LogP contribution in [-0.2, 0) is 17.8 Å². The molecule has 0 saturated heterocycles. The molecule has 1 saturated carbocycles. The Kier molecular flexibility index (Phi) is 6.85. The Morgan fingerprint density at radius 3 is 2.44 bits per heavy atom. The molecular formula is C30H30FN3O2. The second kappa shape index (κ2) is 10.4. The van der Waals surface area contributed by atoms with Crippen LogP contribution < -0.4 is 0 Å². The third-order valence-electron chi connectivity index (χ3n) is 6.89. The highest BCUT2D eigenvalue weighted by molar-refractivity contribution is 5.98. The standard InChI is InChI=1S/C30H30FN3O2/c1-21-6-2-3-7-26(21)30(36)34(25-14-15-25)20-29(35)33(19-22-10-12-24(31)13-11-22)17-16-23-18-32-28-9-5-4-8-27(23)28/h2-13,18,25,32H,14-17,19-20H2,1H3. The van der Waals surface area contributed by atoms with Gasteiger partial charge in [-0.1, -0.05) is 48.5 Å². The van der Waals surface area contributed by atoms with Gasteiger partial charge in [0.15, 0.2) is 0 Å². The van der Waals surface area contributed by atoms with Gasteiger partial charge in [-0.2, -0.15) is 0 Å². The average Bonchev–Trinajstić information content (AvgIpc) is 3.65. The Morgan fingerprint density at radius 2 is 1.69 bits per heavy atom. The second-order valence-corrected chi connectivity index (χ2v) is 9.53. The smallest absolute Gasteiger partial charge is 0.254 e. The van der Waals surface area contributed by atoms with Crippen molar-refractivity contribution in [2.24, 2.45) is 0 Å². The van der Waals surface area contributed by atoms with Gasteiger partial charge in [0.05, 0.1) is 0 Å². The molecule has 3 aromatic carbocycles. The van der Waals surface area contributed by atoms with E-state index in [1.54, 1.807) is 21.9 Å². The molecule has 1 heterocycles. The maximum Gasteiger partial charge on any atom is 0.254 e. The first kappa shape index (κ1) is 23.8. The Labute approximate surface area is 210 Å². The topological polar surface area (TPSA) is 56.4 Å². The van der Waals surface area contributed by atoms with E-state index < -0.39 is 0 Å². The first-order valence-electron chi connectivity index (χ1n) is 12.4. The number of hydrogen-bond acceptors (Lipinski definition) is 2. The highest BCUT2D eigenvalue weighted by atomic mass is 19.1. The summed E-state index contributed by atoms with van der Waals surface area (Å²) in [6.45, 7) is 2.81. The quantitative estimate of drug-likeness (QED) is 0.342. The highest BCUT2D eigenvalue weighted by Crippen LogP contribution is 2.29. The van der Waals surface area contributed by atoms with Crippen LogP contribution in [-0.4, -0.2) is 45.7 Å². The van der Waals surface area contributed by atoms with Crippen molar-refractivity contribution in [3.8, 4) is 0 Å². The Hall–Kier alpha value is -3.93. The van der Waals surface area contributed by atoms with Crippen LogP contribution in [0.25, 0.3) is 10.9 Å². The van der Waals surface area contributed by atoms with Gasteiger partial charge in [0.1, 0.15) is 12.4 Å². The fourth-order valence-corrected chi connectivity index (χ4v) is 4.66. The monoisotopic (exact) mass is 483 g/mol. The predicted octanol–water partition coefficient (Wildman–Crippen LogP) is 5.49. The summed E-state index contributed by atoms with van der Waals surface area (Å²) in [5.74, 6) is -0.505. The lowest BCUT2D eigenvalue weighted by Gasteiger charge is -2.28. The van der Waals surface area contributed by atoms with E-state index in [-0.39, 0.29) is 30.2 Å². The van der Waals surface area contributed by atoms with E-state index in [4.69, 9.17) is 0 Å². The number of hydrogen-bond donors (Lipinski definition) is 1. The van der Waals surface area contributed by atoms with Gasteiger partial charge in [-0.3, -0.25) is 9.59 Å². The number of aromatic nitrogens is 1. The van der Waals surface area contributed by atoms with E-state index in [0.717, 1.165) is 40.4 Å². The first-order valence-corrected chi connectivity index (χ1v) is 12.4. The van der Waals surface area contributed by atoms with Crippen molar-refractivity contribution in [3.05, 3.63) is 107 Å². The molecule has 0 unspecified atom stereocenters. The zero-order chi connectivity index (χ0) is 25.1. The summed E-state index contributed by atoms with van der Waals surface area (Å²) < 4.78 is 13.5. The molecular weight excluding hydrogens is 453 g/mol. The minimum Gasteiger partial charge on any atom is -0.361 e. The molecule has 1 N–H and O–H groups in total. The van der Waals surface area contributed by atoms with Crippen LogP contribution in [0.15, 0.2) is 79.0 Å². The molecule has 1 fully saturated rings. The van der Waals surface area contributed by atoms with Gasteiger partial charge in [-0.15, -0.1) is 0 Å². The van der Waals surface area contributed by atoms with E-state index in [1.807, 2.05) is 55.6 Å². The summed E-state index contributed by atoms with van der Waals surface area (Å²) in [4.78, 5) is 33.9. The lowest BCUT2D eigenvalue weighted by atomic mass is 10.1. The second-order valence-electron chi connectivity index (χ2n) is 9.53. The fraction of sp³-hybridized carbons (Fsp3) is 0.267. The summed E-state index contributed by atoms with van der Waals surface area (Å²) in [6, 6.07) is 21.9. The van der Waals surface area contributed by atoms with E-state index in [9.17, 15) is 14.0 Å². The number of carbonyl (C=O) groups excluding carboxylic acids is 2. The normalized spacial score (nSPS) is 13.1. The number of benzene rings is 3. The molecule has 2 amide bonds. The van der Waals surface area contributed by atoms with Crippen molar-refractivity contribution in [1.82, 2.24) is 14.8 Å². The minimum atomic E-state index is -0.306. The zero-order valence-corrected chi connectivity index (χ0v) is 20.4. The molecule has 0 aliphatic heterocycles. The Morgan fingerprint density at radius 1 is 0.972 bits per heavy atom. The summed E-state index contributed by atoms with van der Waals surface area (Å²) in [5.41, 5.74) is 4.60. The third-order valence-corrected chi connectivity index (χ3v) is 6.89. The number of carbonyl (C=O) groups is 2. The van der Waals surface area contributed by atoms with Gasteiger partial charge in [0.25, 0.3) is 5.91 Å². The van der Waals surface area contributed by atoms with Crippen LogP contribution in [0.3, 0.4) is 0 Å². The first-order chi connectivity index (χ1) is 17.5. The summed E-state index contributed by atoms with van der Waals surface area (Å²) >= 11 is 0. The van der Waals surface area contributed by atoms with Crippen LogP contribution in [0, 0.1) is 12.7 Å². The fourth-order valence-electron chi connectivity index (χ4n) is 4.66. The molecule has 0 atom stereocenters. The van der Waals surface area contributed by atoms with Crippen molar-refractivity contribution in [3.63, 3.8) is 0 Å². The molecule has 0 radical (unpaired) electrons. The molecule has 0 bridgehead atoms. The summed E-state index contributed by atoms with van der Waals surface area (Å²) in [5, 5.41) is 1.14. The average molecular weight is 484 g/mol. The molecule has 4 aromatic rings. The van der Waals surface area contributed by atoms with Crippen molar-refractivity contribution in [2.75, 3.05) is 13.1 Å². The number of rotatable bonds is 9. The number of nitrogens with one attached hydrogen (secondary N) is 1. The molecule has 1 aromatic heterocycles. The molecule has 5 nitrogen and oxygen atoms in total. The molecule has 1 aliphatic carbocycles. The number of aromatic amines is 1. The SMILES string of the molecule is Cc1ccccc1C(=O)N(CC(=O)N(CCc1c[nH]c2ccccc12)Cc1ccc(F)cc1)C1CC1. The summed E-state index contributed by atoms with van der Waals surface area (Å²) in [6.07, 6.45) is 4.49. The Balaban J connectivity index is 1.36. The number of H-pyrrole nitrogens is 1. The Bertz CT molecular complexity index is 1370. The predicted molar refractivity (Wildman–Crippen MR) is 139 cm³/mol. The number of amides is 2. The lowest BCUT2D eigenvalue weighted by Crippen LogP contribution is -2.44. The lowest BCUT2D eigenvalue weighted by molar-refractivity contribution is -0.132. The molecule has 5 rings (SSSR count). The van der Waals surface area contributed by atoms with Crippen LogP contribution in [0.4, 0.5) is 4.39 Å². The largest absolute Gasteiger partial charge is 0.361 e. The molecule has 6 heteroatoms. The number of aryl methyl sites for hydroxylation is 1. The van der Waals surface area contributed by atoms with Gasteiger partial charge in [-0.25, -0.2) is 4.39 Å². The van der Waals surface area contributed by atoms with Crippen LogP contribution in [0.5, 0.6) is 0 Å². The van der Waals surface area contributed by atoms with Crippen molar-refractivity contribution < 1.29 is 14.0 Å². The van der Waals surface area contributed by atoms with Crippen molar-refractivity contribution in [2.45, 2.75) is 38.8 Å². The van der Waals surface area contributed by atoms with Gasteiger partial charge < -0.3 is 14.8 Å². The number of nitrogens with zero attached hydrogens (tertiary/aromatic N) is 2. The number of para-hydroxylation sites is 1. The van der Waals surface area contributed by atoms with Gasteiger partial charge in [0, 0.05) is 41.8 Å². The van der Waals surface area contributed by atoms with E-state index in [0.29, 0.717) is 25.1 Å². The van der Waals surface area contributed by atoms with Gasteiger partial charge in [-0.05, 0) is 67.1 Å². The van der Waals surface area contributed by atoms with Crippen molar-refractivity contribution in [1.29, 1.82) is 0 Å². The third kappa shape index (κ3) is 5.33. The summed E-state index contributed by atoms with van der Waals surface area (Å²) in [7, 11) is 0. The van der Waals surface area contributed by atoms with Crippen LogP contribution in [0.2, 0.25) is 0 Å². The van der Waals surface area contributed by atoms with Crippen molar-refractivity contribution >= 4 is 22.7 Å². The minimum absolute atomic E-state index is 0.0346. The van der Waals surface area contributed by atoms with E-state index in [1.165, 1.54) is 12.1 Å². The number of halogens is 1. The maximum absolute atomic E-state index is 13.7. The van der Waals surface area contributed by atoms with Crippen LogP contribution in [0.1, 0.15) is 39.9 Å².